The Kier molecular flexibility index (Phi) is 4.15. The number of aromatic nitrogens is 1. The predicted molar refractivity (Wildman–Crippen MR) is 69.0 cm³/mol. The summed E-state index contributed by atoms with van der Waals surface area (Å²) in [7, 11) is 0. The van der Waals surface area contributed by atoms with Crippen LogP contribution >= 0.6 is 0 Å². The minimum Gasteiger partial charge on any atom is -0.491 e. The van der Waals surface area contributed by atoms with Crippen LogP contribution in [0.25, 0.3) is 0 Å². The summed E-state index contributed by atoms with van der Waals surface area (Å²) in [4.78, 5) is 4.11. The second-order valence-electron chi connectivity index (χ2n) is 4.69. The molecule has 92 valence electrons. The highest BCUT2D eigenvalue weighted by molar-refractivity contribution is 5.29. The lowest BCUT2D eigenvalue weighted by Gasteiger charge is -2.11. The maximum Gasteiger partial charge on any atom is 0.142 e. The molecule has 0 bridgehead atoms. The zero-order valence-corrected chi connectivity index (χ0v) is 10.4. The van der Waals surface area contributed by atoms with Gasteiger partial charge in [0.15, 0.2) is 0 Å². The van der Waals surface area contributed by atoms with Crippen molar-refractivity contribution >= 4 is 0 Å². The van der Waals surface area contributed by atoms with Gasteiger partial charge in [-0.2, -0.15) is 0 Å². The second kappa shape index (κ2) is 5.82. The van der Waals surface area contributed by atoms with Crippen molar-refractivity contribution in [3.63, 3.8) is 0 Å². The number of rotatable bonds is 7. The monoisotopic (exact) mass is 232 g/mol. The van der Waals surface area contributed by atoms with E-state index < -0.39 is 0 Å². The van der Waals surface area contributed by atoms with Gasteiger partial charge in [-0.3, -0.25) is 4.98 Å². The fourth-order valence-electron chi connectivity index (χ4n) is 1.56. The van der Waals surface area contributed by atoms with Crippen LogP contribution in [0.3, 0.4) is 0 Å². The molecule has 1 N–H and O–H groups in total. The predicted octanol–water partition coefficient (Wildman–Crippen LogP) is 2.68. The van der Waals surface area contributed by atoms with E-state index in [0.717, 1.165) is 24.3 Å². The molecule has 0 saturated heterocycles. The molecule has 1 aliphatic carbocycles. The molecule has 0 unspecified atom stereocenters. The molecule has 1 saturated carbocycles. The molecule has 0 aliphatic heterocycles. The van der Waals surface area contributed by atoms with Gasteiger partial charge in [-0.25, -0.2) is 0 Å². The van der Waals surface area contributed by atoms with Crippen LogP contribution < -0.4 is 10.1 Å². The third-order valence-corrected chi connectivity index (χ3v) is 2.82. The molecule has 0 radical (unpaired) electrons. The number of ether oxygens (including phenoxy) is 1. The van der Waals surface area contributed by atoms with Gasteiger partial charge in [-0.15, -0.1) is 6.58 Å². The third kappa shape index (κ3) is 4.19. The molecular weight excluding hydrogens is 212 g/mol. The molecule has 1 fully saturated rings. The average molecular weight is 232 g/mol. The van der Waals surface area contributed by atoms with E-state index >= 15 is 0 Å². The Morgan fingerprint density at radius 1 is 1.59 bits per heavy atom. The lowest BCUT2D eigenvalue weighted by molar-refractivity contribution is 0.316. The molecule has 0 atom stereocenters. The first-order valence-corrected chi connectivity index (χ1v) is 6.19. The fraction of sp³-hybridized carbons (Fsp3) is 0.500. The summed E-state index contributed by atoms with van der Waals surface area (Å²) in [5.41, 5.74) is 2.33. The van der Waals surface area contributed by atoms with Crippen molar-refractivity contribution in [2.45, 2.75) is 38.8 Å². The van der Waals surface area contributed by atoms with Gasteiger partial charge in [0.1, 0.15) is 5.75 Å². The van der Waals surface area contributed by atoms with Crippen molar-refractivity contribution < 1.29 is 4.74 Å². The zero-order valence-electron chi connectivity index (χ0n) is 10.4. The minimum absolute atomic E-state index is 0.678. The van der Waals surface area contributed by atoms with Crippen molar-refractivity contribution in [3.05, 3.63) is 36.2 Å². The van der Waals surface area contributed by atoms with Crippen molar-refractivity contribution in [1.82, 2.24) is 10.3 Å². The molecule has 17 heavy (non-hydrogen) atoms. The average Bonchev–Trinajstić information content (AvgIpc) is 3.11. The normalized spacial score (nSPS) is 14.6. The van der Waals surface area contributed by atoms with Gasteiger partial charge in [0, 0.05) is 30.8 Å². The molecule has 0 amide bonds. The van der Waals surface area contributed by atoms with Gasteiger partial charge in [0.2, 0.25) is 0 Å². The summed E-state index contributed by atoms with van der Waals surface area (Å²) in [6.45, 7) is 7.43. The van der Waals surface area contributed by atoms with Crippen molar-refractivity contribution in [2.75, 3.05) is 6.61 Å². The van der Waals surface area contributed by atoms with E-state index in [1.54, 1.807) is 6.20 Å². The van der Waals surface area contributed by atoms with Crippen LogP contribution in [0.2, 0.25) is 0 Å². The van der Waals surface area contributed by atoms with E-state index in [9.17, 15) is 0 Å². The summed E-state index contributed by atoms with van der Waals surface area (Å²) in [6.07, 6.45) is 7.11. The van der Waals surface area contributed by atoms with E-state index in [1.165, 1.54) is 18.4 Å². The summed E-state index contributed by atoms with van der Waals surface area (Å²) in [5.74, 6) is 0.891. The van der Waals surface area contributed by atoms with Crippen molar-refractivity contribution in [3.8, 4) is 5.75 Å². The first-order valence-electron chi connectivity index (χ1n) is 6.19. The third-order valence-electron chi connectivity index (χ3n) is 2.82. The van der Waals surface area contributed by atoms with E-state index in [2.05, 4.69) is 16.9 Å². The Hall–Kier alpha value is -1.35. The smallest absolute Gasteiger partial charge is 0.142 e. The van der Waals surface area contributed by atoms with Crippen LogP contribution in [0.4, 0.5) is 0 Å². The summed E-state index contributed by atoms with van der Waals surface area (Å²) >= 11 is 0. The SMILES string of the molecule is C=C(C)CCOc1cnccc1CNC1CC1. The van der Waals surface area contributed by atoms with Crippen molar-refractivity contribution in [2.24, 2.45) is 0 Å². The fourth-order valence-corrected chi connectivity index (χ4v) is 1.56. The molecule has 1 heterocycles. The van der Waals surface area contributed by atoms with Crippen LogP contribution in [0.1, 0.15) is 31.7 Å². The van der Waals surface area contributed by atoms with E-state index in [-0.39, 0.29) is 0 Å². The number of hydrogen-bond donors (Lipinski definition) is 1. The Morgan fingerprint density at radius 2 is 2.41 bits per heavy atom. The molecular formula is C14H20N2O. The van der Waals surface area contributed by atoms with Gasteiger partial charge in [0.25, 0.3) is 0 Å². The highest BCUT2D eigenvalue weighted by Crippen LogP contribution is 2.22. The van der Waals surface area contributed by atoms with Crippen LogP contribution in [0.5, 0.6) is 5.75 Å². The Balaban J connectivity index is 1.87. The Labute approximate surface area is 103 Å². The van der Waals surface area contributed by atoms with Gasteiger partial charge < -0.3 is 10.1 Å². The molecule has 0 aromatic carbocycles. The van der Waals surface area contributed by atoms with Crippen molar-refractivity contribution in [1.29, 1.82) is 0 Å². The number of pyridine rings is 1. The largest absolute Gasteiger partial charge is 0.491 e. The molecule has 2 rings (SSSR count). The standard InChI is InChI=1S/C14H20N2O/c1-11(2)6-8-17-14-10-15-7-5-12(14)9-16-13-3-4-13/h5,7,10,13,16H,1,3-4,6,8-9H2,2H3. The van der Waals surface area contributed by atoms with E-state index in [0.29, 0.717) is 12.6 Å². The maximum atomic E-state index is 5.74. The van der Waals surface area contributed by atoms with Gasteiger partial charge in [0.05, 0.1) is 12.8 Å². The van der Waals surface area contributed by atoms with E-state index in [4.69, 9.17) is 4.74 Å². The van der Waals surface area contributed by atoms with Gasteiger partial charge in [-0.1, -0.05) is 5.57 Å². The molecule has 3 nitrogen and oxygen atoms in total. The first kappa shape index (κ1) is 12.1. The molecule has 3 heteroatoms. The lowest BCUT2D eigenvalue weighted by Crippen LogP contribution is -2.16. The molecule has 1 aromatic rings. The van der Waals surface area contributed by atoms with Gasteiger partial charge in [-0.05, 0) is 25.8 Å². The highest BCUT2D eigenvalue weighted by Gasteiger charge is 2.20. The van der Waals surface area contributed by atoms with Gasteiger partial charge >= 0.3 is 0 Å². The zero-order chi connectivity index (χ0) is 12.1. The quantitative estimate of drug-likeness (QED) is 0.734. The maximum absolute atomic E-state index is 5.74. The summed E-state index contributed by atoms with van der Waals surface area (Å²) < 4.78 is 5.74. The first-order chi connectivity index (χ1) is 8.25. The number of nitrogens with zero attached hydrogens (tertiary/aromatic N) is 1. The summed E-state index contributed by atoms with van der Waals surface area (Å²) in [5, 5.41) is 3.49. The molecule has 1 aliphatic rings. The summed E-state index contributed by atoms with van der Waals surface area (Å²) in [6, 6.07) is 2.73. The number of hydrogen-bond acceptors (Lipinski definition) is 3. The molecule has 0 spiro atoms. The van der Waals surface area contributed by atoms with Crippen LogP contribution in [0.15, 0.2) is 30.6 Å². The lowest BCUT2D eigenvalue weighted by atomic mass is 10.2. The van der Waals surface area contributed by atoms with Crippen LogP contribution in [0, 0.1) is 0 Å². The highest BCUT2D eigenvalue weighted by atomic mass is 16.5. The van der Waals surface area contributed by atoms with Crippen LogP contribution in [-0.4, -0.2) is 17.6 Å². The molecule has 1 aromatic heterocycles. The van der Waals surface area contributed by atoms with E-state index in [1.807, 2.05) is 19.2 Å². The topological polar surface area (TPSA) is 34.1 Å². The Morgan fingerprint density at radius 3 is 3.12 bits per heavy atom. The second-order valence-corrected chi connectivity index (χ2v) is 4.69. The Bertz CT molecular complexity index is 386. The number of nitrogens with one attached hydrogen (secondary N) is 1. The minimum atomic E-state index is 0.678. The van der Waals surface area contributed by atoms with Crippen LogP contribution in [-0.2, 0) is 6.54 Å².